The number of aromatic nitrogens is 2. The van der Waals surface area contributed by atoms with Crippen LogP contribution in [0.1, 0.15) is 18.3 Å². The number of nitrogen functional groups attached to an aromatic ring is 1. The molecule has 5 heteroatoms. The van der Waals surface area contributed by atoms with Gasteiger partial charge in [0.15, 0.2) is 0 Å². The molecule has 0 aromatic carbocycles. The molecule has 0 amide bonds. The zero-order valence-corrected chi connectivity index (χ0v) is 10.9. The number of nitrogens with one attached hydrogen (secondary N) is 1. The number of nitrogens with zero attached hydrogens (tertiary/aromatic N) is 3. The first kappa shape index (κ1) is 13.0. The maximum Gasteiger partial charge on any atom is 0.141 e. The Kier molecular flexibility index (Phi) is 4.07. The Hall–Kier alpha value is -2.43. The molecule has 0 fully saturated rings. The Bertz CT molecular complexity index is 553. The van der Waals surface area contributed by atoms with Gasteiger partial charge in [-0.15, -0.1) is 0 Å². The Morgan fingerprint density at radius 2 is 2.11 bits per heavy atom. The van der Waals surface area contributed by atoms with Crippen molar-refractivity contribution in [3.05, 3.63) is 54.1 Å². The van der Waals surface area contributed by atoms with Gasteiger partial charge >= 0.3 is 0 Å². The molecule has 5 nitrogen and oxygen atoms in total. The van der Waals surface area contributed by atoms with Crippen LogP contribution in [0.15, 0.2) is 42.7 Å². The molecule has 0 bridgehead atoms. The van der Waals surface area contributed by atoms with E-state index in [1.807, 2.05) is 30.3 Å². The van der Waals surface area contributed by atoms with Crippen molar-refractivity contribution in [3.8, 4) is 0 Å². The van der Waals surface area contributed by atoms with E-state index in [4.69, 9.17) is 11.1 Å². The third kappa shape index (κ3) is 3.28. The number of hydrogen-bond donors (Lipinski definition) is 2. The fourth-order valence-corrected chi connectivity index (χ4v) is 1.84. The highest BCUT2D eigenvalue weighted by molar-refractivity contribution is 5.93. The summed E-state index contributed by atoms with van der Waals surface area (Å²) < 4.78 is 0. The molecule has 0 aliphatic carbocycles. The second kappa shape index (κ2) is 5.95. The smallest absolute Gasteiger partial charge is 0.141 e. The SMILES string of the molecule is CCN(Cc1ccccn1)c1ccnc(C(=N)N)c1. The Morgan fingerprint density at radius 3 is 2.74 bits per heavy atom. The average molecular weight is 255 g/mol. The van der Waals surface area contributed by atoms with Crippen molar-refractivity contribution in [3.63, 3.8) is 0 Å². The van der Waals surface area contributed by atoms with Crippen molar-refractivity contribution in [2.75, 3.05) is 11.4 Å². The number of rotatable bonds is 5. The first-order chi connectivity index (χ1) is 9.20. The molecule has 0 radical (unpaired) electrons. The van der Waals surface area contributed by atoms with E-state index in [0.29, 0.717) is 5.69 Å². The van der Waals surface area contributed by atoms with Gasteiger partial charge in [-0.3, -0.25) is 15.4 Å². The number of amidine groups is 1. The molecule has 2 heterocycles. The van der Waals surface area contributed by atoms with Crippen LogP contribution < -0.4 is 10.6 Å². The van der Waals surface area contributed by atoms with E-state index >= 15 is 0 Å². The van der Waals surface area contributed by atoms with Gasteiger partial charge < -0.3 is 10.6 Å². The van der Waals surface area contributed by atoms with Crippen molar-refractivity contribution in [1.29, 1.82) is 5.41 Å². The third-order valence-electron chi connectivity index (χ3n) is 2.85. The first-order valence-corrected chi connectivity index (χ1v) is 6.16. The highest BCUT2D eigenvalue weighted by atomic mass is 15.1. The molecule has 0 spiro atoms. The van der Waals surface area contributed by atoms with Crippen molar-refractivity contribution in [2.45, 2.75) is 13.5 Å². The number of pyridine rings is 2. The topological polar surface area (TPSA) is 78.9 Å². The molecule has 0 saturated carbocycles. The maximum absolute atomic E-state index is 7.44. The highest BCUT2D eigenvalue weighted by Gasteiger charge is 2.08. The van der Waals surface area contributed by atoms with Gasteiger partial charge in [0, 0.05) is 24.6 Å². The monoisotopic (exact) mass is 255 g/mol. The van der Waals surface area contributed by atoms with Crippen LogP contribution in [0, 0.1) is 5.41 Å². The van der Waals surface area contributed by atoms with Crippen LogP contribution in [0.4, 0.5) is 5.69 Å². The molecular formula is C14H17N5. The lowest BCUT2D eigenvalue weighted by molar-refractivity contribution is 0.808. The average Bonchev–Trinajstić information content (AvgIpc) is 2.46. The van der Waals surface area contributed by atoms with Gasteiger partial charge in [0.05, 0.1) is 12.2 Å². The molecule has 0 saturated heterocycles. The summed E-state index contributed by atoms with van der Waals surface area (Å²) in [5.41, 5.74) is 7.96. The summed E-state index contributed by atoms with van der Waals surface area (Å²) in [5, 5.41) is 7.44. The van der Waals surface area contributed by atoms with E-state index in [-0.39, 0.29) is 5.84 Å². The summed E-state index contributed by atoms with van der Waals surface area (Å²) in [6.07, 6.45) is 3.46. The number of nitrogens with two attached hydrogens (primary N) is 1. The van der Waals surface area contributed by atoms with Gasteiger partial charge in [-0.25, -0.2) is 0 Å². The molecule has 98 valence electrons. The number of anilines is 1. The second-order valence-electron chi connectivity index (χ2n) is 4.15. The molecule has 0 aliphatic rings. The lowest BCUT2D eigenvalue weighted by Crippen LogP contribution is -2.23. The lowest BCUT2D eigenvalue weighted by atomic mass is 10.2. The van der Waals surface area contributed by atoms with Gasteiger partial charge in [-0.1, -0.05) is 6.07 Å². The van der Waals surface area contributed by atoms with E-state index in [0.717, 1.165) is 24.5 Å². The third-order valence-corrected chi connectivity index (χ3v) is 2.85. The molecule has 2 aromatic heterocycles. The van der Waals surface area contributed by atoms with Crippen LogP contribution in [0.25, 0.3) is 0 Å². The van der Waals surface area contributed by atoms with Gasteiger partial charge in [0.1, 0.15) is 11.5 Å². The Labute approximate surface area is 112 Å². The van der Waals surface area contributed by atoms with E-state index in [1.54, 1.807) is 12.4 Å². The second-order valence-corrected chi connectivity index (χ2v) is 4.15. The van der Waals surface area contributed by atoms with Gasteiger partial charge in [0.2, 0.25) is 0 Å². The largest absolute Gasteiger partial charge is 0.382 e. The minimum Gasteiger partial charge on any atom is -0.382 e. The molecule has 19 heavy (non-hydrogen) atoms. The Morgan fingerprint density at radius 1 is 1.26 bits per heavy atom. The van der Waals surface area contributed by atoms with Crippen molar-refractivity contribution < 1.29 is 0 Å². The maximum atomic E-state index is 7.44. The quantitative estimate of drug-likeness (QED) is 0.630. The molecular weight excluding hydrogens is 238 g/mol. The summed E-state index contributed by atoms with van der Waals surface area (Å²) in [7, 11) is 0. The van der Waals surface area contributed by atoms with Gasteiger partial charge in [0.25, 0.3) is 0 Å². The molecule has 0 aliphatic heterocycles. The molecule has 3 N–H and O–H groups in total. The normalized spacial score (nSPS) is 10.2. The van der Waals surface area contributed by atoms with E-state index in [9.17, 15) is 0 Å². The summed E-state index contributed by atoms with van der Waals surface area (Å²) in [4.78, 5) is 10.6. The van der Waals surface area contributed by atoms with Gasteiger partial charge in [-0.2, -0.15) is 0 Å². The minimum atomic E-state index is -0.0178. The van der Waals surface area contributed by atoms with E-state index in [1.165, 1.54) is 0 Å². The van der Waals surface area contributed by atoms with Crippen LogP contribution >= 0.6 is 0 Å². The fraction of sp³-hybridized carbons (Fsp3) is 0.214. The molecule has 0 atom stereocenters. The molecule has 2 rings (SSSR count). The zero-order chi connectivity index (χ0) is 13.7. The summed E-state index contributed by atoms with van der Waals surface area (Å²) >= 11 is 0. The standard InChI is InChI=1S/C14H17N5/c1-2-19(10-11-5-3-4-7-17-11)12-6-8-18-13(9-12)14(15)16/h3-9H,2,10H2,1H3,(H3,15,16). The highest BCUT2D eigenvalue weighted by Crippen LogP contribution is 2.16. The molecule has 0 unspecified atom stereocenters. The van der Waals surface area contributed by atoms with Crippen LogP contribution in [-0.2, 0) is 6.54 Å². The van der Waals surface area contributed by atoms with Crippen molar-refractivity contribution >= 4 is 11.5 Å². The zero-order valence-electron chi connectivity index (χ0n) is 10.9. The predicted molar refractivity (Wildman–Crippen MR) is 76.2 cm³/mol. The van der Waals surface area contributed by atoms with Crippen LogP contribution in [-0.4, -0.2) is 22.3 Å². The fourth-order valence-electron chi connectivity index (χ4n) is 1.84. The summed E-state index contributed by atoms with van der Waals surface area (Å²) in [6.45, 7) is 3.65. The van der Waals surface area contributed by atoms with E-state index < -0.39 is 0 Å². The molecule has 2 aromatic rings. The summed E-state index contributed by atoms with van der Waals surface area (Å²) in [5.74, 6) is -0.0178. The van der Waals surface area contributed by atoms with E-state index in [2.05, 4.69) is 21.8 Å². The predicted octanol–water partition coefficient (Wildman–Crippen LogP) is 1.79. The minimum absolute atomic E-state index is 0.0178. The number of hydrogen-bond acceptors (Lipinski definition) is 4. The first-order valence-electron chi connectivity index (χ1n) is 6.16. The summed E-state index contributed by atoms with van der Waals surface area (Å²) in [6, 6.07) is 9.62. The van der Waals surface area contributed by atoms with Crippen LogP contribution in [0.2, 0.25) is 0 Å². The lowest BCUT2D eigenvalue weighted by Gasteiger charge is -2.23. The Balaban J connectivity index is 2.22. The van der Waals surface area contributed by atoms with Gasteiger partial charge in [-0.05, 0) is 31.2 Å². The van der Waals surface area contributed by atoms with Crippen LogP contribution in [0.3, 0.4) is 0 Å². The van der Waals surface area contributed by atoms with Crippen molar-refractivity contribution in [2.24, 2.45) is 5.73 Å². The van der Waals surface area contributed by atoms with Crippen molar-refractivity contribution in [1.82, 2.24) is 9.97 Å². The van der Waals surface area contributed by atoms with Crippen LogP contribution in [0.5, 0.6) is 0 Å².